The molecule has 5 heteroatoms. The van der Waals surface area contributed by atoms with Crippen molar-refractivity contribution in [1.82, 2.24) is 10.2 Å². The Morgan fingerprint density at radius 1 is 1.53 bits per heavy atom. The van der Waals surface area contributed by atoms with Crippen LogP contribution in [0.15, 0.2) is 16.7 Å². The van der Waals surface area contributed by atoms with Gasteiger partial charge in [-0.15, -0.1) is 0 Å². The van der Waals surface area contributed by atoms with Crippen LogP contribution in [0.4, 0.5) is 0 Å². The van der Waals surface area contributed by atoms with Gasteiger partial charge in [0.05, 0.1) is 12.8 Å². The molecule has 0 bridgehead atoms. The van der Waals surface area contributed by atoms with Crippen molar-refractivity contribution in [2.75, 3.05) is 26.8 Å². The van der Waals surface area contributed by atoms with Gasteiger partial charge in [0.2, 0.25) is 5.91 Å². The summed E-state index contributed by atoms with van der Waals surface area (Å²) in [6, 6.07) is 2.43. The van der Waals surface area contributed by atoms with Crippen LogP contribution in [0.1, 0.15) is 24.2 Å². The van der Waals surface area contributed by atoms with E-state index in [4.69, 9.17) is 9.15 Å². The van der Waals surface area contributed by atoms with Crippen molar-refractivity contribution in [2.45, 2.75) is 32.4 Å². The lowest BCUT2D eigenvalue weighted by atomic mass is 10.0. The summed E-state index contributed by atoms with van der Waals surface area (Å²) >= 11 is 0. The first-order valence-corrected chi connectivity index (χ1v) is 6.73. The van der Waals surface area contributed by atoms with Crippen molar-refractivity contribution in [3.63, 3.8) is 0 Å². The molecule has 0 atom stereocenters. The maximum absolute atomic E-state index is 11.7. The van der Waals surface area contributed by atoms with Crippen LogP contribution in [-0.2, 0) is 16.1 Å². The first-order chi connectivity index (χ1) is 9.20. The molecule has 1 aliphatic heterocycles. The molecule has 1 N–H and O–H groups in total. The molecule has 2 heterocycles. The third-order valence-electron chi connectivity index (χ3n) is 3.63. The molecule has 106 valence electrons. The molecule has 5 nitrogen and oxygen atoms in total. The average molecular weight is 266 g/mol. The van der Waals surface area contributed by atoms with Crippen molar-refractivity contribution in [3.05, 3.63) is 23.7 Å². The Kier molecular flexibility index (Phi) is 4.99. The molecule has 0 spiro atoms. The molecule has 1 aromatic rings. The molecule has 2 rings (SSSR count). The van der Waals surface area contributed by atoms with E-state index >= 15 is 0 Å². The maximum atomic E-state index is 11.7. The SMILES string of the molecule is COCC(=O)N1CCC(NCc2occc2C)CC1. The van der Waals surface area contributed by atoms with E-state index in [2.05, 4.69) is 5.32 Å². The monoisotopic (exact) mass is 266 g/mol. The summed E-state index contributed by atoms with van der Waals surface area (Å²) in [7, 11) is 1.55. The Morgan fingerprint density at radius 2 is 2.26 bits per heavy atom. The second kappa shape index (κ2) is 6.73. The van der Waals surface area contributed by atoms with Gasteiger partial charge < -0.3 is 19.4 Å². The topological polar surface area (TPSA) is 54.7 Å². The van der Waals surface area contributed by atoms with Gasteiger partial charge >= 0.3 is 0 Å². The Bertz CT molecular complexity index is 409. The van der Waals surface area contributed by atoms with Crippen LogP contribution in [0.2, 0.25) is 0 Å². The third kappa shape index (κ3) is 3.81. The van der Waals surface area contributed by atoms with Crippen LogP contribution in [0, 0.1) is 6.92 Å². The molecule has 1 saturated heterocycles. The van der Waals surface area contributed by atoms with E-state index < -0.39 is 0 Å². The summed E-state index contributed by atoms with van der Waals surface area (Å²) in [6.07, 6.45) is 3.68. The summed E-state index contributed by atoms with van der Waals surface area (Å²) in [5, 5.41) is 3.49. The highest BCUT2D eigenvalue weighted by Crippen LogP contribution is 2.13. The predicted molar refractivity (Wildman–Crippen MR) is 71.8 cm³/mol. The van der Waals surface area contributed by atoms with Gasteiger partial charge in [0.25, 0.3) is 0 Å². The van der Waals surface area contributed by atoms with E-state index in [0.717, 1.165) is 38.2 Å². The van der Waals surface area contributed by atoms with Crippen molar-refractivity contribution in [2.24, 2.45) is 0 Å². The number of carbonyl (C=O) groups is 1. The average Bonchev–Trinajstić information content (AvgIpc) is 2.83. The van der Waals surface area contributed by atoms with Crippen LogP contribution >= 0.6 is 0 Å². The Morgan fingerprint density at radius 3 is 2.84 bits per heavy atom. The predicted octanol–water partition coefficient (Wildman–Crippen LogP) is 1.32. The van der Waals surface area contributed by atoms with Gasteiger partial charge in [-0.25, -0.2) is 0 Å². The van der Waals surface area contributed by atoms with Crippen LogP contribution < -0.4 is 5.32 Å². The zero-order valence-corrected chi connectivity index (χ0v) is 11.6. The van der Waals surface area contributed by atoms with E-state index in [1.165, 1.54) is 5.56 Å². The lowest BCUT2D eigenvalue weighted by molar-refractivity contribution is -0.136. The number of aryl methyl sites for hydroxylation is 1. The quantitative estimate of drug-likeness (QED) is 0.873. The number of likely N-dealkylation sites (tertiary alicyclic amines) is 1. The van der Waals surface area contributed by atoms with Crippen molar-refractivity contribution in [3.8, 4) is 0 Å². The molecule has 1 amide bonds. The highest BCUT2D eigenvalue weighted by atomic mass is 16.5. The molecule has 0 unspecified atom stereocenters. The van der Waals surface area contributed by atoms with Gasteiger partial charge in [0.1, 0.15) is 12.4 Å². The van der Waals surface area contributed by atoms with Gasteiger partial charge in [-0.1, -0.05) is 0 Å². The van der Waals surface area contributed by atoms with E-state index in [-0.39, 0.29) is 12.5 Å². The van der Waals surface area contributed by atoms with Crippen LogP contribution in [0.25, 0.3) is 0 Å². The smallest absolute Gasteiger partial charge is 0.248 e. The van der Waals surface area contributed by atoms with Gasteiger partial charge in [-0.3, -0.25) is 4.79 Å². The molecule has 0 aromatic carbocycles. The Hall–Kier alpha value is -1.33. The molecule has 1 fully saturated rings. The van der Waals surface area contributed by atoms with Gasteiger partial charge in [-0.05, 0) is 31.4 Å². The minimum Gasteiger partial charge on any atom is -0.468 e. The highest BCUT2D eigenvalue weighted by molar-refractivity contribution is 5.77. The second-order valence-corrected chi connectivity index (χ2v) is 5.00. The number of nitrogens with one attached hydrogen (secondary N) is 1. The molecule has 0 aliphatic carbocycles. The minimum atomic E-state index is 0.0860. The largest absolute Gasteiger partial charge is 0.468 e. The zero-order chi connectivity index (χ0) is 13.7. The molecule has 1 aromatic heterocycles. The van der Waals surface area contributed by atoms with Crippen LogP contribution in [0.3, 0.4) is 0 Å². The normalized spacial score (nSPS) is 16.8. The molecule has 1 aliphatic rings. The number of hydrogen-bond donors (Lipinski definition) is 1. The fraction of sp³-hybridized carbons (Fsp3) is 0.643. The molecule has 19 heavy (non-hydrogen) atoms. The number of rotatable bonds is 5. The Labute approximate surface area is 113 Å². The first kappa shape index (κ1) is 14.1. The summed E-state index contributed by atoms with van der Waals surface area (Å²) < 4.78 is 10.3. The number of furan rings is 1. The first-order valence-electron chi connectivity index (χ1n) is 6.73. The Balaban J connectivity index is 1.72. The lowest BCUT2D eigenvalue weighted by Gasteiger charge is -2.32. The van der Waals surface area contributed by atoms with E-state index in [1.54, 1.807) is 13.4 Å². The second-order valence-electron chi connectivity index (χ2n) is 5.00. The number of amides is 1. The highest BCUT2D eigenvalue weighted by Gasteiger charge is 2.22. The zero-order valence-electron chi connectivity index (χ0n) is 11.6. The van der Waals surface area contributed by atoms with Gasteiger partial charge in [0.15, 0.2) is 0 Å². The van der Waals surface area contributed by atoms with Crippen LogP contribution in [-0.4, -0.2) is 43.7 Å². The van der Waals surface area contributed by atoms with Crippen molar-refractivity contribution < 1.29 is 13.9 Å². The summed E-state index contributed by atoms with van der Waals surface area (Å²) in [4.78, 5) is 13.5. The molecule has 0 saturated carbocycles. The number of hydrogen-bond acceptors (Lipinski definition) is 4. The van der Waals surface area contributed by atoms with Crippen molar-refractivity contribution >= 4 is 5.91 Å². The number of ether oxygens (including phenoxy) is 1. The summed E-state index contributed by atoms with van der Waals surface area (Å²) in [5.41, 5.74) is 1.18. The minimum absolute atomic E-state index is 0.0860. The number of nitrogens with zero attached hydrogens (tertiary/aromatic N) is 1. The fourth-order valence-electron chi connectivity index (χ4n) is 2.37. The van der Waals surface area contributed by atoms with Crippen LogP contribution in [0.5, 0.6) is 0 Å². The molecular formula is C14H22N2O3. The van der Waals surface area contributed by atoms with Gasteiger partial charge in [0, 0.05) is 26.2 Å². The van der Waals surface area contributed by atoms with E-state index in [1.807, 2.05) is 17.9 Å². The number of carbonyl (C=O) groups excluding carboxylic acids is 1. The fourth-order valence-corrected chi connectivity index (χ4v) is 2.37. The number of methoxy groups -OCH3 is 1. The summed E-state index contributed by atoms with van der Waals surface area (Å²) in [5.74, 6) is 1.08. The standard InChI is InChI=1S/C14H22N2O3/c1-11-5-8-19-13(11)9-15-12-3-6-16(7-4-12)14(17)10-18-2/h5,8,12,15H,3-4,6-7,9-10H2,1-2H3. The van der Waals surface area contributed by atoms with Crippen molar-refractivity contribution in [1.29, 1.82) is 0 Å². The lowest BCUT2D eigenvalue weighted by Crippen LogP contribution is -2.45. The third-order valence-corrected chi connectivity index (χ3v) is 3.63. The van der Waals surface area contributed by atoms with E-state index in [9.17, 15) is 4.79 Å². The van der Waals surface area contributed by atoms with Gasteiger partial charge in [-0.2, -0.15) is 0 Å². The maximum Gasteiger partial charge on any atom is 0.248 e. The summed E-state index contributed by atoms with van der Waals surface area (Å²) in [6.45, 7) is 4.60. The van der Waals surface area contributed by atoms with E-state index in [0.29, 0.717) is 6.04 Å². The molecular weight excluding hydrogens is 244 g/mol. The number of piperidine rings is 1. The molecule has 0 radical (unpaired) electrons.